The van der Waals surface area contributed by atoms with E-state index in [2.05, 4.69) is 25.6 Å². The van der Waals surface area contributed by atoms with Gasteiger partial charge in [0.1, 0.15) is 12.1 Å². The summed E-state index contributed by atoms with van der Waals surface area (Å²) in [6.45, 7) is 1.97. The summed E-state index contributed by atoms with van der Waals surface area (Å²) in [6, 6.07) is 19.0. The molecule has 0 aliphatic carbocycles. The fraction of sp³-hybridized carbons (Fsp3) is 0.258. The van der Waals surface area contributed by atoms with Gasteiger partial charge in [0.05, 0.1) is 23.1 Å². The Morgan fingerprint density at radius 3 is 2.68 bits per heavy atom. The summed E-state index contributed by atoms with van der Waals surface area (Å²) >= 11 is 6.49. The Morgan fingerprint density at radius 1 is 1.09 bits per heavy atom. The highest BCUT2D eigenvalue weighted by Gasteiger charge is 2.45. The van der Waals surface area contributed by atoms with Crippen molar-refractivity contribution in [2.45, 2.75) is 25.0 Å². The molecule has 44 heavy (non-hydrogen) atoms. The number of likely N-dealkylation sites (tertiary alicyclic amines) is 1. The van der Waals surface area contributed by atoms with Gasteiger partial charge in [-0.2, -0.15) is 0 Å². The number of amides is 2. The highest BCUT2D eigenvalue weighted by Crippen LogP contribution is 2.27. The smallest absolute Gasteiger partial charge is 0.308 e. The van der Waals surface area contributed by atoms with Crippen molar-refractivity contribution in [2.24, 2.45) is 10.9 Å². The molecule has 4 heterocycles. The van der Waals surface area contributed by atoms with Gasteiger partial charge in [-0.25, -0.2) is 24.9 Å². The van der Waals surface area contributed by atoms with Gasteiger partial charge in [-0.3, -0.25) is 24.3 Å². The third-order valence-corrected chi connectivity index (χ3v) is 8.36. The third-order valence-electron chi connectivity index (χ3n) is 7.98. The zero-order valence-electron chi connectivity index (χ0n) is 23.8. The van der Waals surface area contributed by atoms with Gasteiger partial charge >= 0.3 is 5.91 Å². The SMILES string of the molecule is O=C(Cc1ccc(NCC2CCN(C3(C(=O)NO)N=CC=CN3)CC2)nc1)N(Cl)c1cccc(-n2cnc3ccccc32)c1. The van der Waals surface area contributed by atoms with E-state index in [1.54, 1.807) is 42.6 Å². The van der Waals surface area contributed by atoms with Crippen LogP contribution in [0.15, 0.2) is 90.5 Å². The molecule has 0 spiro atoms. The lowest BCUT2D eigenvalue weighted by Crippen LogP contribution is -2.66. The van der Waals surface area contributed by atoms with Crippen LogP contribution in [-0.2, 0) is 16.0 Å². The summed E-state index contributed by atoms with van der Waals surface area (Å²) in [5.41, 5.74) is 5.74. The minimum atomic E-state index is -1.34. The maximum atomic E-state index is 13.0. The Morgan fingerprint density at radius 2 is 1.93 bits per heavy atom. The molecule has 1 atom stereocenters. The quantitative estimate of drug-likeness (QED) is 0.128. The standard InChI is InChI=1S/C31H32ClN9O3/c32-41(25-6-3-5-24(18-25)40-21-35-26-7-1-2-8-27(26)40)29(42)17-23-9-10-28(34-20-23)33-19-22-11-15-39(16-12-22)31(30(43)38-44)36-13-4-14-37-31/h1-10,13-14,18,20-22,36,44H,11-12,15-17,19H2,(H,33,34)(H,38,43). The molecular formula is C31H32ClN9O3. The van der Waals surface area contributed by atoms with E-state index < -0.39 is 11.7 Å². The first kappa shape index (κ1) is 29.3. The number of hydrogen-bond donors (Lipinski definition) is 4. The average molecular weight is 614 g/mol. The van der Waals surface area contributed by atoms with Crippen LogP contribution in [0, 0.1) is 5.92 Å². The number of hydrogen-bond acceptors (Lipinski definition) is 9. The molecule has 226 valence electrons. The van der Waals surface area contributed by atoms with Crippen molar-refractivity contribution in [3.63, 3.8) is 0 Å². The number of nitrogens with zero attached hydrogens (tertiary/aromatic N) is 6. The minimum absolute atomic E-state index is 0.0996. The van der Waals surface area contributed by atoms with E-state index in [-0.39, 0.29) is 12.3 Å². The van der Waals surface area contributed by atoms with E-state index >= 15 is 0 Å². The molecule has 12 nitrogen and oxygen atoms in total. The van der Waals surface area contributed by atoms with E-state index in [9.17, 15) is 14.8 Å². The van der Waals surface area contributed by atoms with Gasteiger partial charge in [0.2, 0.25) is 5.91 Å². The van der Waals surface area contributed by atoms with Crippen molar-refractivity contribution < 1.29 is 14.8 Å². The molecule has 2 amide bonds. The van der Waals surface area contributed by atoms with Gasteiger partial charge in [0, 0.05) is 55.7 Å². The number of benzene rings is 2. The highest BCUT2D eigenvalue weighted by molar-refractivity contribution is 6.36. The molecule has 4 N–H and O–H groups in total. The topological polar surface area (TPSA) is 140 Å². The first-order chi connectivity index (χ1) is 21.5. The molecule has 6 rings (SSSR count). The monoisotopic (exact) mass is 613 g/mol. The lowest BCUT2D eigenvalue weighted by Gasteiger charge is -2.43. The summed E-state index contributed by atoms with van der Waals surface area (Å²) in [5.74, 6) is -1.15. The maximum Gasteiger partial charge on any atom is 0.308 e. The summed E-state index contributed by atoms with van der Waals surface area (Å²) < 4.78 is 3.10. The van der Waals surface area contributed by atoms with Crippen LogP contribution in [0.3, 0.4) is 0 Å². The molecular weight excluding hydrogens is 582 g/mol. The second-order valence-electron chi connectivity index (χ2n) is 10.7. The van der Waals surface area contributed by atoms with Crippen LogP contribution in [0.25, 0.3) is 16.7 Å². The fourth-order valence-corrected chi connectivity index (χ4v) is 5.74. The number of para-hydroxylation sites is 2. The number of halogens is 1. The number of aliphatic imine (C=N–C) groups is 1. The largest absolute Gasteiger partial charge is 0.370 e. The van der Waals surface area contributed by atoms with Crippen molar-refractivity contribution in [1.82, 2.24) is 30.2 Å². The number of imidazole rings is 1. The van der Waals surface area contributed by atoms with Crippen LogP contribution in [0.1, 0.15) is 18.4 Å². The second kappa shape index (κ2) is 12.8. The maximum absolute atomic E-state index is 13.0. The van der Waals surface area contributed by atoms with E-state index in [1.807, 2.05) is 64.1 Å². The molecule has 1 saturated heterocycles. The first-order valence-electron chi connectivity index (χ1n) is 14.3. The van der Waals surface area contributed by atoms with Crippen LogP contribution < -0.4 is 20.5 Å². The molecule has 2 aromatic carbocycles. The van der Waals surface area contributed by atoms with Crippen molar-refractivity contribution in [2.75, 3.05) is 29.4 Å². The number of nitrogens with one attached hydrogen (secondary N) is 3. The van der Waals surface area contributed by atoms with Gasteiger partial charge < -0.3 is 10.6 Å². The minimum Gasteiger partial charge on any atom is -0.370 e. The highest BCUT2D eigenvalue weighted by atomic mass is 35.5. The fourth-order valence-electron chi connectivity index (χ4n) is 5.58. The number of allylic oxidation sites excluding steroid dienone is 1. The van der Waals surface area contributed by atoms with Gasteiger partial charge in [-0.05, 0) is 66.8 Å². The number of pyridine rings is 1. The Bertz CT molecular complexity index is 1700. The Kier molecular flexibility index (Phi) is 8.55. The molecule has 2 aliphatic heterocycles. The summed E-state index contributed by atoms with van der Waals surface area (Å²) in [4.78, 5) is 40.6. The van der Waals surface area contributed by atoms with Crippen LogP contribution in [0.2, 0.25) is 0 Å². The number of aromatic nitrogens is 3. The Labute approximate surface area is 259 Å². The van der Waals surface area contributed by atoms with Gasteiger partial charge in [-0.1, -0.05) is 24.3 Å². The van der Waals surface area contributed by atoms with Crippen LogP contribution >= 0.6 is 11.8 Å². The van der Waals surface area contributed by atoms with Crippen molar-refractivity contribution in [3.8, 4) is 5.69 Å². The van der Waals surface area contributed by atoms with E-state index in [0.717, 1.165) is 39.5 Å². The summed E-state index contributed by atoms with van der Waals surface area (Å²) in [5, 5.41) is 15.6. The molecule has 1 unspecified atom stereocenters. The number of piperidine rings is 1. The normalized spacial score (nSPS) is 18.6. The molecule has 0 bridgehead atoms. The third kappa shape index (κ3) is 6.00. The molecule has 4 aromatic rings. The van der Waals surface area contributed by atoms with Gasteiger partial charge in [-0.15, -0.1) is 0 Å². The second-order valence-corrected chi connectivity index (χ2v) is 11.1. The molecule has 0 radical (unpaired) electrons. The zero-order chi connectivity index (χ0) is 30.5. The van der Waals surface area contributed by atoms with E-state index in [4.69, 9.17) is 11.8 Å². The number of fused-ring (bicyclic) bond motifs is 1. The molecule has 2 aliphatic rings. The zero-order valence-corrected chi connectivity index (χ0v) is 24.6. The average Bonchev–Trinajstić information content (AvgIpc) is 3.52. The molecule has 1 fully saturated rings. The van der Waals surface area contributed by atoms with E-state index in [0.29, 0.717) is 37.1 Å². The summed E-state index contributed by atoms with van der Waals surface area (Å²) in [6.07, 6.45) is 10.1. The summed E-state index contributed by atoms with van der Waals surface area (Å²) in [7, 11) is 0. The van der Waals surface area contributed by atoms with Crippen molar-refractivity contribution in [1.29, 1.82) is 0 Å². The molecule has 0 saturated carbocycles. The van der Waals surface area contributed by atoms with Gasteiger partial charge in [0.25, 0.3) is 5.79 Å². The predicted molar refractivity (Wildman–Crippen MR) is 169 cm³/mol. The number of carbonyl (C=O) groups excluding carboxylic acids is 2. The number of carbonyl (C=O) groups is 2. The van der Waals surface area contributed by atoms with Crippen molar-refractivity contribution in [3.05, 3.63) is 91.0 Å². The number of rotatable bonds is 9. The van der Waals surface area contributed by atoms with Gasteiger partial charge in [0.15, 0.2) is 0 Å². The lowest BCUT2D eigenvalue weighted by atomic mass is 9.95. The first-order valence-corrected chi connectivity index (χ1v) is 14.7. The van der Waals surface area contributed by atoms with Crippen LogP contribution in [0.5, 0.6) is 0 Å². The van der Waals surface area contributed by atoms with Crippen molar-refractivity contribution >= 4 is 52.3 Å². The lowest BCUT2D eigenvalue weighted by molar-refractivity contribution is -0.145. The van der Waals surface area contributed by atoms with E-state index in [1.165, 1.54) is 0 Å². The predicted octanol–water partition coefficient (Wildman–Crippen LogP) is 3.62. The molecule has 13 heteroatoms. The number of hydroxylamine groups is 1. The molecule has 2 aromatic heterocycles. The van der Waals surface area contributed by atoms with Crippen LogP contribution in [0.4, 0.5) is 11.5 Å². The van der Waals surface area contributed by atoms with Crippen LogP contribution in [-0.4, -0.2) is 68.1 Å². The Balaban J connectivity index is 1.01. The number of anilines is 2. The Hall–Kier alpha value is -4.78.